The van der Waals surface area contributed by atoms with Gasteiger partial charge in [-0.15, -0.1) is 0 Å². The highest BCUT2D eigenvalue weighted by Gasteiger charge is 2.45. The van der Waals surface area contributed by atoms with Gasteiger partial charge in [-0.05, 0) is 97.7 Å². The molecule has 5 heterocycles. The van der Waals surface area contributed by atoms with Crippen LogP contribution in [0.15, 0.2) is 48.7 Å². The number of rotatable bonds is 9. The predicted octanol–water partition coefficient (Wildman–Crippen LogP) is 2.64. The first-order valence-electron chi connectivity index (χ1n) is 19.6. The maximum atomic E-state index is 13.4. The van der Waals surface area contributed by atoms with Gasteiger partial charge in [0, 0.05) is 57.9 Å². The van der Waals surface area contributed by atoms with Gasteiger partial charge >= 0.3 is 0 Å². The summed E-state index contributed by atoms with van der Waals surface area (Å²) in [4.78, 5) is 88.5. The van der Waals surface area contributed by atoms with E-state index < -0.39 is 29.7 Å². The molecule has 1 atom stereocenters. The first-order chi connectivity index (χ1) is 27.5. The number of aromatic nitrogens is 1. The number of aryl methyl sites for hydroxylation is 1. The third-order valence-corrected chi connectivity index (χ3v) is 11.8. The van der Waals surface area contributed by atoms with Crippen LogP contribution in [0.1, 0.15) is 91.9 Å². The number of fused-ring (bicyclic) bond motifs is 2. The average molecular weight is 773 g/mol. The minimum Gasteiger partial charge on any atom is -0.490 e. The number of nitrogens with one attached hydrogen (secondary N) is 2. The molecule has 6 amide bonds. The number of pyridine rings is 1. The first-order valence-corrected chi connectivity index (χ1v) is 19.6. The summed E-state index contributed by atoms with van der Waals surface area (Å²) in [6.07, 6.45) is 5.55. The van der Waals surface area contributed by atoms with Crippen molar-refractivity contribution in [3.8, 4) is 11.8 Å². The molecule has 2 aromatic carbocycles. The smallest absolute Gasteiger partial charge is 0.262 e. The van der Waals surface area contributed by atoms with E-state index in [1.165, 1.54) is 0 Å². The van der Waals surface area contributed by atoms with Crippen molar-refractivity contribution >= 4 is 41.3 Å². The largest absolute Gasteiger partial charge is 0.490 e. The van der Waals surface area contributed by atoms with E-state index in [4.69, 9.17) is 10.00 Å². The molecule has 0 bridgehead atoms. The molecular weight excluding hydrogens is 729 g/mol. The molecule has 294 valence electrons. The van der Waals surface area contributed by atoms with E-state index in [0.717, 1.165) is 64.4 Å². The molecule has 1 aromatic heterocycles. The number of anilines is 1. The Morgan fingerprint density at radius 2 is 1.61 bits per heavy atom. The van der Waals surface area contributed by atoms with Gasteiger partial charge in [0.25, 0.3) is 17.7 Å². The highest BCUT2D eigenvalue weighted by atomic mass is 16.5. The lowest BCUT2D eigenvalue weighted by Gasteiger charge is -2.35. The van der Waals surface area contributed by atoms with Crippen molar-refractivity contribution in [3.05, 3.63) is 87.6 Å². The maximum Gasteiger partial charge on any atom is 0.262 e. The summed E-state index contributed by atoms with van der Waals surface area (Å²) in [5, 5.41) is 14.4. The van der Waals surface area contributed by atoms with Crippen LogP contribution in [0, 0.1) is 18.3 Å². The second-order valence-electron chi connectivity index (χ2n) is 15.5. The molecule has 8 rings (SSSR count). The van der Waals surface area contributed by atoms with Crippen molar-refractivity contribution < 1.29 is 33.5 Å². The normalized spacial score (nSPS) is 22.2. The Morgan fingerprint density at radius 1 is 0.912 bits per heavy atom. The lowest BCUT2D eigenvalue weighted by atomic mass is 9.92. The van der Waals surface area contributed by atoms with E-state index in [9.17, 15) is 28.8 Å². The van der Waals surface area contributed by atoms with Crippen LogP contribution in [0.25, 0.3) is 0 Å². The van der Waals surface area contributed by atoms with E-state index >= 15 is 0 Å². The fraction of sp³-hybridized carbons (Fsp3) is 0.429. The summed E-state index contributed by atoms with van der Waals surface area (Å²) in [5.74, 6) is -0.802. The van der Waals surface area contributed by atoms with Gasteiger partial charge in [0.2, 0.25) is 17.7 Å². The molecule has 1 unspecified atom stereocenters. The molecule has 2 saturated heterocycles. The zero-order valence-corrected chi connectivity index (χ0v) is 31.8. The lowest BCUT2D eigenvalue weighted by molar-refractivity contribution is -0.136. The van der Waals surface area contributed by atoms with Crippen molar-refractivity contribution in [2.45, 2.75) is 83.1 Å². The molecule has 1 aliphatic carbocycles. The van der Waals surface area contributed by atoms with Crippen molar-refractivity contribution in [2.75, 3.05) is 37.6 Å². The highest BCUT2D eigenvalue weighted by molar-refractivity contribution is 6.23. The minimum atomic E-state index is -1.02. The number of amides is 6. The monoisotopic (exact) mass is 772 g/mol. The standard InChI is InChI=1S/C42H44N8O7/c1-25-18-32(6-2-26(25)12-13-43)57-31-7-4-30(5-8-31)45-39(53)27-3-10-36(44-21-27)48-16-14-47(15-17-48)24-38(52)49-22-28-19-33-34(20-29(28)23-49)42(56)50(41(33)55)35-9-11-37(51)46-40(35)54/h2-3,6,10,18-21,30-31,35H,4-5,7-9,11-12,14-17,22-24H2,1H3,(H,45,53)(H,46,51,54)/t30-,31-,35?. The van der Waals surface area contributed by atoms with Crippen molar-refractivity contribution in [1.82, 2.24) is 30.3 Å². The minimum absolute atomic E-state index is 0.0465. The Morgan fingerprint density at radius 3 is 2.23 bits per heavy atom. The SMILES string of the molecule is Cc1cc(O[C@H]2CC[C@H](NC(=O)c3ccc(N4CCN(CC(=O)N5Cc6cc7c(cc6C5)C(=O)N(C5CCC(=O)NC5=O)C7=O)CC4)nc3)CC2)ccc1CC#N. The number of carbonyl (C=O) groups is 6. The third kappa shape index (κ3) is 7.82. The number of ether oxygens (including phenoxy) is 1. The lowest BCUT2D eigenvalue weighted by Crippen LogP contribution is -2.54. The number of hydrogen-bond donors (Lipinski definition) is 2. The number of imide groups is 2. The molecule has 4 aliphatic heterocycles. The summed E-state index contributed by atoms with van der Waals surface area (Å²) < 4.78 is 6.21. The van der Waals surface area contributed by atoms with Crippen LogP contribution >= 0.6 is 0 Å². The molecule has 3 fully saturated rings. The van der Waals surface area contributed by atoms with Gasteiger partial charge < -0.3 is 19.9 Å². The number of hydrogen-bond acceptors (Lipinski definition) is 11. The van der Waals surface area contributed by atoms with E-state index in [1.807, 2.05) is 31.2 Å². The van der Waals surface area contributed by atoms with Gasteiger partial charge in [-0.1, -0.05) is 6.07 Å². The van der Waals surface area contributed by atoms with Crippen LogP contribution in [0.4, 0.5) is 5.82 Å². The van der Waals surface area contributed by atoms with Gasteiger partial charge in [-0.25, -0.2) is 4.98 Å². The quantitative estimate of drug-likeness (QED) is 0.305. The topological polar surface area (TPSA) is 185 Å². The first kappa shape index (κ1) is 37.8. The Kier molecular flexibility index (Phi) is 10.5. The molecule has 3 aromatic rings. The van der Waals surface area contributed by atoms with E-state index in [0.29, 0.717) is 51.3 Å². The van der Waals surface area contributed by atoms with Crippen molar-refractivity contribution in [3.63, 3.8) is 0 Å². The van der Waals surface area contributed by atoms with E-state index in [1.54, 1.807) is 29.3 Å². The number of piperazine rings is 1. The molecule has 0 spiro atoms. The Hall–Kier alpha value is -6.14. The van der Waals surface area contributed by atoms with Gasteiger partial charge in [0.15, 0.2) is 0 Å². The number of benzene rings is 2. The fourth-order valence-electron chi connectivity index (χ4n) is 8.49. The van der Waals surface area contributed by atoms with Gasteiger partial charge in [0.1, 0.15) is 17.6 Å². The van der Waals surface area contributed by atoms with Crippen molar-refractivity contribution in [2.24, 2.45) is 0 Å². The molecule has 2 N–H and O–H groups in total. The fourth-order valence-corrected chi connectivity index (χ4v) is 8.49. The Balaban J connectivity index is 0.771. The Labute approximate surface area is 329 Å². The van der Waals surface area contributed by atoms with Gasteiger partial charge in [0.05, 0.1) is 41.8 Å². The van der Waals surface area contributed by atoms with Gasteiger partial charge in [-0.2, -0.15) is 5.26 Å². The molecule has 15 heteroatoms. The second kappa shape index (κ2) is 15.8. The van der Waals surface area contributed by atoms with Crippen LogP contribution in [0.3, 0.4) is 0 Å². The summed E-state index contributed by atoms with van der Waals surface area (Å²) in [6.45, 7) is 5.51. The highest BCUT2D eigenvalue weighted by Crippen LogP contribution is 2.34. The summed E-state index contributed by atoms with van der Waals surface area (Å²) in [6, 6.07) is 14.1. The summed E-state index contributed by atoms with van der Waals surface area (Å²) in [5.41, 5.74) is 4.59. The van der Waals surface area contributed by atoms with E-state index in [2.05, 4.69) is 31.5 Å². The second-order valence-corrected chi connectivity index (χ2v) is 15.5. The van der Waals surface area contributed by atoms with Crippen molar-refractivity contribution in [1.29, 1.82) is 5.26 Å². The molecule has 0 radical (unpaired) electrons. The summed E-state index contributed by atoms with van der Waals surface area (Å²) >= 11 is 0. The summed E-state index contributed by atoms with van der Waals surface area (Å²) in [7, 11) is 0. The number of carbonyl (C=O) groups excluding carboxylic acids is 6. The van der Waals surface area contributed by atoms with Crippen LogP contribution in [0.2, 0.25) is 0 Å². The molecule has 1 saturated carbocycles. The number of nitriles is 1. The van der Waals surface area contributed by atoms with Gasteiger partial charge in [-0.3, -0.25) is 43.9 Å². The molecule has 15 nitrogen and oxygen atoms in total. The number of nitrogens with zero attached hydrogens (tertiary/aromatic N) is 6. The maximum absolute atomic E-state index is 13.4. The van der Waals surface area contributed by atoms with Crippen LogP contribution in [-0.2, 0) is 33.9 Å². The van der Waals surface area contributed by atoms with Crippen LogP contribution in [0.5, 0.6) is 5.75 Å². The van der Waals surface area contributed by atoms with E-state index in [-0.39, 0.29) is 54.5 Å². The molecule has 5 aliphatic rings. The third-order valence-electron chi connectivity index (χ3n) is 11.8. The molecular formula is C42H44N8O7. The zero-order valence-electron chi connectivity index (χ0n) is 31.8. The van der Waals surface area contributed by atoms with Crippen LogP contribution < -0.4 is 20.3 Å². The molecule has 57 heavy (non-hydrogen) atoms. The predicted molar refractivity (Wildman–Crippen MR) is 205 cm³/mol. The zero-order chi connectivity index (χ0) is 39.8. The average Bonchev–Trinajstić information content (AvgIpc) is 3.73. The number of piperidine rings is 1. The van der Waals surface area contributed by atoms with Crippen LogP contribution in [-0.4, -0.2) is 106 Å². The Bertz CT molecular complexity index is 2140.